The van der Waals surface area contributed by atoms with Gasteiger partial charge in [0, 0.05) is 24.0 Å². The van der Waals surface area contributed by atoms with Crippen molar-refractivity contribution in [2.24, 2.45) is 0 Å². The number of nitrogens with zero attached hydrogens (tertiary/aromatic N) is 2. The lowest BCUT2D eigenvalue weighted by Gasteiger charge is -2.33. The molecule has 3 aromatic rings. The Labute approximate surface area is 240 Å². The maximum atomic E-state index is 14.0. The molecule has 9 heteroatoms. The summed E-state index contributed by atoms with van der Waals surface area (Å²) in [5.74, 6) is -0.723. The van der Waals surface area contributed by atoms with E-state index < -0.39 is 28.5 Å². The van der Waals surface area contributed by atoms with Crippen LogP contribution < -0.4 is 9.62 Å². The minimum atomic E-state index is -3.79. The number of anilines is 1. The number of carbonyl (C=O) groups is 2. The van der Waals surface area contributed by atoms with E-state index >= 15 is 0 Å². The Hall–Kier alpha value is -3.17. The maximum absolute atomic E-state index is 14.0. The largest absolute Gasteiger partial charge is 0.354 e. The molecular weight excluding hydrogens is 578 g/mol. The number of hydrogen-bond acceptors (Lipinski definition) is 4. The monoisotopic (exact) mass is 613 g/mol. The van der Waals surface area contributed by atoms with E-state index in [2.05, 4.69) is 21.2 Å². The van der Waals surface area contributed by atoms with Crippen molar-refractivity contribution < 1.29 is 18.0 Å². The van der Waals surface area contributed by atoms with Crippen molar-refractivity contribution in [3.8, 4) is 0 Å². The molecule has 0 aliphatic heterocycles. The van der Waals surface area contributed by atoms with E-state index in [-0.39, 0.29) is 12.5 Å². The highest BCUT2D eigenvalue weighted by Crippen LogP contribution is 2.22. The van der Waals surface area contributed by atoms with Crippen LogP contribution in [-0.4, -0.2) is 50.5 Å². The van der Waals surface area contributed by atoms with Crippen LogP contribution in [0.3, 0.4) is 0 Å². The zero-order valence-corrected chi connectivity index (χ0v) is 25.0. The van der Waals surface area contributed by atoms with Crippen molar-refractivity contribution >= 4 is 43.5 Å². The van der Waals surface area contributed by atoms with Crippen LogP contribution in [0.1, 0.15) is 36.5 Å². The number of nitrogens with one attached hydrogen (secondary N) is 1. The first-order valence-electron chi connectivity index (χ1n) is 13.0. The lowest BCUT2D eigenvalue weighted by molar-refractivity contribution is -0.140. The molecule has 0 heterocycles. The second kappa shape index (κ2) is 14.3. The predicted octanol–water partition coefficient (Wildman–Crippen LogP) is 5.08. The summed E-state index contributed by atoms with van der Waals surface area (Å²) in [5, 5.41) is 2.99. The summed E-state index contributed by atoms with van der Waals surface area (Å²) in [7, 11) is -3.79. The smallest absolute Gasteiger partial charge is 0.244 e. The lowest BCUT2D eigenvalue weighted by atomic mass is 10.0. The van der Waals surface area contributed by atoms with Crippen LogP contribution in [0.2, 0.25) is 0 Å². The fourth-order valence-corrected chi connectivity index (χ4v) is 5.40. The molecular formula is C30H36BrN3O4S. The van der Waals surface area contributed by atoms with Gasteiger partial charge in [-0.25, -0.2) is 8.42 Å². The van der Waals surface area contributed by atoms with Gasteiger partial charge in [0.15, 0.2) is 0 Å². The van der Waals surface area contributed by atoms with Crippen LogP contribution >= 0.6 is 15.9 Å². The Kier molecular flexibility index (Phi) is 11.1. The number of sulfonamides is 1. The molecule has 1 atom stereocenters. The van der Waals surface area contributed by atoms with E-state index in [4.69, 9.17) is 0 Å². The van der Waals surface area contributed by atoms with Gasteiger partial charge in [-0.2, -0.15) is 0 Å². The van der Waals surface area contributed by atoms with Gasteiger partial charge in [-0.1, -0.05) is 89.4 Å². The zero-order chi connectivity index (χ0) is 28.4. The van der Waals surface area contributed by atoms with Crippen LogP contribution in [0.4, 0.5) is 5.69 Å². The molecule has 0 unspecified atom stereocenters. The third-order valence-corrected chi connectivity index (χ3v) is 8.00. The van der Waals surface area contributed by atoms with Crippen molar-refractivity contribution in [3.05, 3.63) is 100 Å². The Morgan fingerprint density at radius 2 is 1.62 bits per heavy atom. The van der Waals surface area contributed by atoms with E-state index in [1.165, 1.54) is 4.90 Å². The maximum Gasteiger partial charge on any atom is 0.244 e. The van der Waals surface area contributed by atoms with Gasteiger partial charge in [0.1, 0.15) is 12.6 Å². The molecule has 208 valence electrons. The van der Waals surface area contributed by atoms with Gasteiger partial charge in [-0.05, 0) is 48.7 Å². The highest BCUT2D eigenvalue weighted by molar-refractivity contribution is 9.10. The summed E-state index contributed by atoms with van der Waals surface area (Å²) in [5.41, 5.74) is 3.16. The molecule has 39 heavy (non-hydrogen) atoms. The number of benzene rings is 3. The lowest BCUT2D eigenvalue weighted by Crippen LogP contribution is -2.53. The van der Waals surface area contributed by atoms with E-state index in [9.17, 15) is 18.0 Å². The fourth-order valence-electron chi connectivity index (χ4n) is 4.29. The SMILES string of the molecule is CCCCNC(=O)[C@H](Cc1ccccc1)N(Cc1cccc(C)c1)C(=O)CN(c1ccc(Br)cc1)S(C)(=O)=O. The summed E-state index contributed by atoms with van der Waals surface area (Å²) in [6.07, 6.45) is 3.12. The number of aryl methyl sites for hydroxylation is 1. The van der Waals surface area contributed by atoms with Gasteiger partial charge in [0.05, 0.1) is 11.9 Å². The average Bonchev–Trinajstić information content (AvgIpc) is 2.90. The quantitative estimate of drug-likeness (QED) is 0.272. The number of rotatable bonds is 13. The molecule has 0 fully saturated rings. The minimum Gasteiger partial charge on any atom is -0.354 e. The van der Waals surface area contributed by atoms with Crippen LogP contribution in [0.5, 0.6) is 0 Å². The van der Waals surface area contributed by atoms with Gasteiger partial charge in [0.2, 0.25) is 21.8 Å². The molecule has 0 spiro atoms. The van der Waals surface area contributed by atoms with Gasteiger partial charge in [-0.15, -0.1) is 0 Å². The molecule has 0 aliphatic rings. The van der Waals surface area contributed by atoms with Crippen LogP contribution in [0.15, 0.2) is 83.3 Å². The molecule has 0 radical (unpaired) electrons. The first kappa shape index (κ1) is 30.4. The van der Waals surface area contributed by atoms with Crippen molar-refractivity contribution in [2.75, 3.05) is 23.7 Å². The molecule has 3 rings (SSSR count). The van der Waals surface area contributed by atoms with E-state index in [1.807, 2.05) is 68.4 Å². The zero-order valence-electron chi connectivity index (χ0n) is 22.6. The van der Waals surface area contributed by atoms with Crippen molar-refractivity contribution in [1.29, 1.82) is 0 Å². The molecule has 3 aromatic carbocycles. The average molecular weight is 615 g/mol. The summed E-state index contributed by atoms with van der Waals surface area (Å²) in [6, 6.07) is 23.2. The Bertz CT molecular complexity index is 1350. The Balaban J connectivity index is 2.02. The van der Waals surface area contributed by atoms with Crippen molar-refractivity contribution in [1.82, 2.24) is 10.2 Å². The normalized spacial score (nSPS) is 12.0. The standard InChI is InChI=1S/C30H36BrN3O4S/c1-4-5-18-32-30(36)28(20-24-11-7-6-8-12-24)33(21-25-13-9-10-23(2)19-25)29(35)22-34(39(3,37)38)27-16-14-26(31)15-17-27/h6-17,19,28H,4-5,18,20-22H2,1-3H3,(H,32,36)/t28-/m0/s1. The molecule has 0 saturated carbocycles. The van der Waals surface area contributed by atoms with Crippen molar-refractivity contribution in [2.45, 2.75) is 45.7 Å². The molecule has 0 saturated heterocycles. The van der Waals surface area contributed by atoms with Gasteiger partial charge >= 0.3 is 0 Å². The summed E-state index contributed by atoms with van der Waals surface area (Å²) in [4.78, 5) is 29.1. The summed E-state index contributed by atoms with van der Waals surface area (Å²) in [6.45, 7) is 4.25. The van der Waals surface area contributed by atoms with E-state index in [0.29, 0.717) is 18.7 Å². The Morgan fingerprint density at radius 3 is 2.23 bits per heavy atom. The first-order valence-corrected chi connectivity index (χ1v) is 15.6. The highest BCUT2D eigenvalue weighted by atomic mass is 79.9. The second-order valence-electron chi connectivity index (χ2n) is 9.61. The molecule has 2 amide bonds. The molecule has 0 bridgehead atoms. The molecule has 7 nitrogen and oxygen atoms in total. The summed E-state index contributed by atoms with van der Waals surface area (Å²) < 4.78 is 27.5. The van der Waals surface area contributed by atoms with Crippen LogP contribution in [0, 0.1) is 6.92 Å². The van der Waals surface area contributed by atoms with Crippen LogP contribution in [0.25, 0.3) is 0 Å². The number of hydrogen-bond donors (Lipinski definition) is 1. The first-order chi connectivity index (χ1) is 18.6. The highest BCUT2D eigenvalue weighted by Gasteiger charge is 2.33. The van der Waals surface area contributed by atoms with Crippen LogP contribution in [-0.2, 0) is 32.6 Å². The topological polar surface area (TPSA) is 86.8 Å². The number of carbonyl (C=O) groups excluding carboxylic acids is 2. The number of amides is 2. The Morgan fingerprint density at radius 1 is 0.949 bits per heavy atom. The molecule has 1 N–H and O–H groups in total. The van der Waals surface area contributed by atoms with Gasteiger partial charge < -0.3 is 10.2 Å². The van der Waals surface area contributed by atoms with E-state index in [1.54, 1.807) is 24.3 Å². The van der Waals surface area contributed by atoms with Crippen molar-refractivity contribution in [3.63, 3.8) is 0 Å². The molecule has 0 aliphatic carbocycles. The molecule has 0 aromatic heterocycles. The van der Waals surface area contributed by atoms with Gasteiger partial charge in [-0.3, -0.25) is 13.9 Å². The predicted molar refractivity (Wildman–Crippen MR) is 160 cm³/mol. The third-order valence-electron chi connectivity index (χ3n) is 6.33. The minimum absolute atomic E-state index is 0.164. The van der Waals surface area contributed by atoms with Gasteiger partial charge in [0.25, 0.3) is 0 Å². The summed E-state index contributed by atoms with van der Waals surface area (Å²) >= 11 is 3.37. The fraction of sp³-hybridized carbons (Fsp3) is 0.333. The second-order valence-corrected chi connectivity index (χ2v) is 12.4. The number of unbranched alkanes of at least 4 members (excludes halogenated alkanes) is 1. The third kappa shape index (κ3) is 9.21. The number of halogens is 1. The van der Waals surface area contributed by atoms with E-state index in [0.717, 1.165) is 44.6 Å².